The number of nitrogens with zero attached hydrogens (tertiary/aromatic N) is 2. The van der Waals surface area contributed by atoms with Gasteiger partial charge in [-0.25, -0.2) is 0 Å². The molecule has 3 aliphatic heterocycles. The van der Waals surface area contributed by atoms with E-state index in [1.807, 2.05) is 30.3 Å². The molecule has 11 heteroatoms. The van der Waals surface area contributed by atoms with Crippen molar-refractivity contribution in [3.63, 3.8) is 0 Å². The van der Waals surface area contributed by atoms with Crippen molar-refractivity contribution in [2.24, 2.45) is 11.8 Å². The summed E-state index contributed by atoms with van der Waals surface area (Å²) in [6, 6.07) is 14.4. The van der Waals surface area contributed by atoms with Crippen LogP contribution in [0.2, 0.25) is 0 Å². The zero-order chi connectivity index (χ0) is 32.8. The summed E-state index contributed by atoms with van der Waals surface area (Å²) < 4.78 is 17.3. The summed E-state index contributed by atoms with van der Waals surface area (Å²) in [4.78, 5) is 57.9. The quantitative estimate of drug-likeness (QED) is 0.226. The second-order valence-corrected chi connectivity index (χ2v) is 11.7. The third kappa shape index (κ3) is 6.17. The molecule has 3 amide bonds. The number of benzene rings is 2. The first-order valence-corrected chi connectivity index (χ1v) is 15.6. The molecule has 3 fully saturated rings. The van der Waals surface area contributed by atoms with Crippen molar-refractivity contribution in [1.82, 2.24) is 10.2 Å². The average Bonchev–Trinajstić information content (AvgIpc) is 3.72. The highest BCUT2D eigenvalue weighted by molar-refractivity contribution is 6.05. The van der Waals surface area contributed by atoms with Crippen molar-refractivity contribution in [3.05, 3.63) is 85.5 Å². The van der Waals surface area contributed by atoms with E-state index in [2.05, 4.69) is 18.5 Å². The van der Waals surface area contributed by atoms with Crippen LogP contribution in [0.4, 0.5) is 5.69 Å². The van der Waals surface area contributed by atoms with E-state index in [1.54, 1.807) is 43.5 Å². The summed E-state index contributed by atoms with van der Waals surface area (Å²) >= 11 is 0. The molecule has 3 aliphatic rings. The topological polar surface area (TPSA) is 135 Å². The number of esters is 1. The number of carbonyl (C=O) groups is 4. The highest BCUT2D eigenvalue weighted by Crippen LogP contribution is 2.58. The standard InChI is InChI=1S/C35H41N3O8/c1-4-6-12-28(40)45-22-26(23-10-8-7-9-11-23)36-32(41)29-27-17-18-35(46-27)30(29)33(42)38(20-21-39)31(35)34(43)37(19-5-2)24-13-15-25(44-3)16-14-24/h4-5,7-11,13-16,26-27,29-31,39H,1-2,6,12,17-22H2,3H3,(H,36,41)/t26-,27+,29-,30-,31+,35-/m1/s1. The summed E-state index contributed by atoms with van der Waals surface area (Å²) in [5.74, 6) is -2.81. The number of fused-ring (bicyclic) bond motifs is 1. The monoisotopic (exact) mass is 631 g/mol. The smallest absolute Gasteiger partial charge is 0.306 e. The SMILES string of the molecule is C=CCCC(=O)OC[C@@H](NC(=O)[C@@H]1[C@@H]2CC[C@]3(O2)[C@H](C(=O)N(CC=C)c2ccc(OC)cc2)N(CCO)C(=O)[C@@H]13)c1ccccc1. The predicted molar refractivity (Wildman–Crippen MR) is 170 cm³/mol. The first-order chi connectivity index (χ1) is 22.3. The summed E-state index contributed by atoms with van der Waals surface area (Å²) in [7, 11) is 1.55. The lowest BCUT2D eigenvalue weighted by Gasteiger charge is -2.36. The summed E-state index contributed by atoms with van der Waals surface area (Å²) in [5.41, 5.74) is 0.0666. The van der Waals surface area contributed by atoms with E-state index in [9.17, 15) is 24.3 Å². The molecule has 3 heterocycles. The van der Waals surface area contributed by atoms with Crippen LogP contribution in [0.25, 0.3) is 0 Å². The lowest BCUT2D eigenvalue weighted by atomic mass is 9.70. The molecule has 1 spiro atoms. The molecule has 2 aromatic carbocycles. The Labute approximate surface area is 268 Å². The van der Waals surface area contributed by atoms with Crippen molar-refractivity contribution in [1.29, 1.82) is 0 Å². The summed E-state index contributed by atoms with van der Waals surface area (Å²) in [5, 5.41) is 13.0. The average molecular weight is 632 g/mol. The van der Waals surface area contributed by atoms with E-state index in [4.69, 9.17) is 14.2 Å². The first kappa shape index (κ1) is 32.9. The van der Waals surface area contributed by atoms with Crippen molar-refractivity contribution in [3.8, 4) is 5.75 Å². The van der Waals surface area contributed by atoms with Crippen LogP contribution in [0.3, 0.4) is 0 Å². The highest BCUT2D eigenvalue weighted by atomic mass is 16.5. The van der Waals surface area contributed by atoms with Gasteiger partial charge in [0.15, 0.2) is 0 Å². The van der Waals surface area contributed by atoms with Crippen LogP contribution in [0.5, 0.6) is 5.75 Å². The van der Waals surface area contributed by atoms with Crippen LogP contribution >= 0.6 is 0 Å². The number of allylic oxidation sites excluding steroid dienone is 1. The number of likely N-dealkylation sites (tertiary alicyclic amines) is 1. The molecule has 0 unspecified atom stereocenters. The molecule has 46 heavy (non-hydrogen) atoms. The second-order valence-electron chi connectivity index (χ2n) is 11.7. The maximum absolute atomic E-state index is 14.4. The number of aliphatic hydroxyl groups is 1. The number of hydrogen-bond acceptors (Lipinski definition) is 8. The van der Waals surface area contributed by atoms with Gasteiger partial charge in [-0.05, 0) is 49.1 Å². The third-order valence-corrected chi connectivity index (χ3v) is 9.12. The summed E-state index contributed by atoms with van der Waals surface area (Å²) in [6.45, 7) is 7.07. The minimum absolute atomic E-state index is 0.0896. The van der Waals surface area contributed by atoms with Crippen LogP contribution in [0, 0.1) is 11.8 Å². The third-order valence-electron chi connectivity index (χ3n) is 9.12. The molecule has 244 valence electrons. The fourth-order valence-electron chi connectivity index (χ4n) is 7.09. The fraction of sp³-hybridized carbons (Fsp3) is 0.429. The second kappa shape index (κ2) is 14.3. The normalized spacial score (nSPS) is 25.0. The molecule has 0 aromatic heterocycles. The fourth-order valence-corrected chi connectivity index (χ4v) is 7.09. The van der Waals surface area contributed by atoms with E-state index >= 15 is 0 Å². The van der Waals surface area contributed by atoms with Crippen molar-refractivity contribution < 1.29 is 38.5 Å². The van der Waals surface area contributed by atoms with E-state index in [1.165, 1.54) is 9.80 Å². The number of amides is 3. The Balaban J connectivity index is 1.43. The van der Waals surface area contributed by atoms with Crippen molar-refractivity contribution in [2.75, 3.05) is 38.3 Å². The van der Waals surface area contributed by atoms with Crippen LogP contribution in [-0.2, 0) is 28.7 Å². The van der Waals surface area contributed by atoms with Crippen molar-refractivity contribution in [2.45, 2.75) is 49.5 Å². The number of carbonyl (C=O) groups excluding carboxylic acids is 4. The Kier molecular flexibility index (Phi) is 10.2. The molecule has 6 atom stereocenters. The maximum atomic E-state index is 14.4. The number of β-amino-alcohol motifs (C(OH)–C–C–N with tert-alkyl or cyclic N) is 1. The molecule has 0 radical (unpaired) electrons. The number of anilines is 1. The zero-order valence-corrected chi connectivity index (χ0v) is 26.0. The molecule has 2 bridgehead atoms. The molecule has 11 nitrogen and oxygen atoms in total. The van der Waals surface area contributed by atoms with Crippen LogP contribution in [0.1, 0.15) is 37.3 Å². The van der Waals surface area contributed by atoms with E-state index in [0.717, 1.165) is 5.56 Å². The first-order valence-electron chi connectivity index (χ1n) is 15.6. The number of hydrogen-bond donors (Lipinski definition) is 2. The Morgan fingerprint density at radius 1 is 1.15 bits per heavy atom. The Bertz CT molecular complexity index is 1450. The molecule has 0 saturated carbocycles. The van der Waals surface area contributed by atoms with Gasteiger partial charge in [0.1, 0.15) is 24.0 Å². The van der Waals surface area contributed by atoms with Gasteiger partial charge in [-0.15, -0.1) is 13.2 Å². The van der Waals surface area contributed by atoms with Gasteiger partial charge >= 0.3 is 5.97 Å². The largest absolute Gasteiger partial charge is 0.497 e. The predicted octanol–water partition coefficient (Wildman–Crippen LogP) is 2.95. The van der Waals surface area contributed by atoms with Crippen LogP contribution in [-0.4, -0.2) is 84.9 Å². The zero-order valence-electron chi connectivity index (χ0n) is 26.0. The summed E-state index contributed by atoms with van der Waals surface area (Å²) in [6.07, 6.45) is 4.18. The van der Waals surface area contributed by atoms with Crippen LogP contribution in [0.15, 0.2) is 79.9 Å². The molecular weight excluding hydrogens is 590 g/mol. The van der Waals surface area contributed by atoms with Crippen molar-refractivity contribution >= 4 is 29.4 Å². The highest BCUT2D eigenvalue weighted by Gasteiger charge is 2.74. The van der Waals surface area contributed by atoms with E-state index in [0.29, 0.717) is 30.7 Å². The van der Waals surface area contributed by atoms with Gasteiger partial charge < -0.3 is 34.4 Å². The van der Waals surface area contributed by atoms with E-state index < -0.39 is 53.4 Å². The van der Waals surface area contributed by atoms with Gasteiger partial charge in [0.05, 0.1) is 37.7 Å². The number of aliphatic hydroxyl groups excluding tert-OH is 1. The lowest BCUT2D eigenvalue weighted by Crippen LogP contribution is -2.57. The lowest BCUT2D eigenvalue weighted by molar-refractivity contribution is -0.146. The minimum Gasteiger partial charge on any atom is -0.497 e. The van der Waals surface area contributed by atoms with Gasteiger partial charge in [-0.3, -0.25) is 19.2 Å². The van der Waals surface area contributed by atoms with Gasteiger partial charge in [0.2, 0.25) is 11.8 Å². The Hall–Kier alpha value is -4.48. The maximum Gasteiger partial charge on any atom is 0.306 e. The number of methoxy groups -OCH3 is 1. The number of rotatable bonds is 15. The van der Waals surface area contributed by atoms with Gasteiger partial charge in [-0.1, -0.05) is 42.5 Å². The Morgan fingerprint density at radius 3 is 2.54 bits per heavy atom. The van der Waals surface area contributed by atoms with Gasteiger partial charge in [0, 0.05) is 25.2 Å². The molecule has 5 rings (SSSR count). The van der Waals surface area contributed by atoms with Gasteiger partial charge in [0.25, 0.3) is 5.91 Å². The van der Waals surface area contributed by atoms with E-state index in [-0.39, 0.29) is 38.6 Å². The number of nitrogens with one attached hydrogen (secondary N) is 1. The Morgan fingerprint density at radius 2 is 1.89 bits per heavy atom. The molecule has 2 aromatic rings. The molecule has 3 saturated heterocycles. The number of ether oxygens (including phenoxy) is 3. The minimum atomic E-state index is -1.25. The van der Waals surface area contributed by atoms with Crippen LogP contribution < -0.4 is 15.0 Å². The van der Waals surface area contributed by atoms with Gasteiger partial charge in [-0.2, -0.15) is 0 Å². The molecule has 2 N–H and O–H groups in total. The molecular formula is C35H41N3O8. The molecule has 0 aliphatic carbocycles.